The maximum atomic E-state index is 12.9. The van der Waals surface area contributed by atoms with Crippen LogP contribution in [0.2, 0.25) is 0 Å². The van der Waals surface area contributed by atoms with Gasteiger partial charge < -0.3 is 14.9 Å². The predicted octanol–water partition coefficient (Wildman–Crippen LogP) is 1.97. The van der Waals surface area contributed by atoms with E-state index in [0.29, 0.717) is 0 Å². The van der Waals surface area contributed by atoms with Gasteiger partial charge in [0.15, 0.2) is 0 Å². The first-order valence-electron chi connectivity index (χ1n) is 4.40. The van der Waals surface area contributed by atoms with Crippen LogP contribution in [0.25, 0.3) is 0 Å². The number of ether oxygens (including phenoxy) is 1. The monoisotopic (exact) mass is 255 g/mol. The van der Waals surface area contributed by atoms with Crippen molar-refractivity contribution < 1.29 is 31.5 Å². The van der Waals surface area contributed by atoms with Gasteiger partial charge in [-0.2, -0.15) is 8.78 Å². The molecule has 0 saturated carbocycles. The molecule has 2 N–H and O–H groups in total. The van der Waals surface area contributed by atoms with E-state index < -0.39 is 30.1 Å². The molecule has 0 bridgehead atoms. The summed E-state index contributed by atoms with van der Waals surface area (Å²) in [7, 11) is 1.05. The molecule has 1 atom stereocenters. The number of hydrogen-bond acceptors (Lipinski definition) is 4. The van der Waals surface area contributed by atoms with Crippen LogP contribution in [0.3, 0.4) is 0 Å². The zero-order valence-electron chi connectivity index (χ0n) is 8.62. The van der Waals surface area contributed by atoms with E-state index in [4.69, 9.17) is 5.73 Å². The molecule has 0 spiro atoms. The quantitative estimate of drug-likeness (QED) is 0.659. The number of hydrogen-bond donors (Lipinski definition) is 1. The SMILES string of the molecule is COC(=O)c1ccc(C(N)C(F)(F)C(F)F)o1. The van der Waals surface area contributed by atoms with Crippen molar-refractivity contribution in [1.29, 1.82) is 0 Å². The highest BCUT2D eigenvalue weighted by atomic mass is 19.3. The lowest BCUT2D eigenvalue weighted by Crippen LogP contribution is -2.39. The van der Waals surface area contributed by atoms with Crippen LogP contribution < -0.4 is 5.73 Å². The van der Waals surface area contributed by atoms with Gasteiger partial charge in [0.25, 0.3) is 0 Å². The predicted molar refractivity (Wildman–Crippen MR) is 47.9 cm³/mol. The average molecular weight is 255 g/mol. The first-order valence-corrected chi connectivity index (χ1v) is 4.40. The molecule has 0 aliphatic carbocycles. The van der Waals surface area contributed by atoms with Crippen molar-refractivity contribution >= 4 is 5.97 Å². The van der Waals surface area contributed by atoms with Crippen molar-refractivity contribution in [1.82, 2.24) is 0 Å². The van der Waals surface area contributed by atoms with Gasteiger partial charge in [-0.25, -0.2) is 13.6 Å². The lowest BCUT2D eigenvalue weighted by molar-refractivity contribution is -0.147. The summed E-state index contributed by atoms with van der Waals surface area (Å²) in [6.45, 7) is 0. The maximum Gasteiger partial charge on any atom is 0.373 e. The van der Waals surface area contributed by atoms with E-state index in [1.54, 1.807) is 0 Å². The van der Waals surface area contributed by atoms with Gasteiger partial charge >= 0.3 is 18.3 Å². The van der Waals surface area contributed by atoms with E-state index in [1.807, 2.05) is 0 Å². The summed E-state index contributed by atoms with van der Waals surface area (Å²) in [6.07, 6.45) is -3.93. The maximum absolute atomic E-state index is 12.9. The van der Waals surface area contributed by atoms with Gasteiger partial charge in [0.2, 0.25) is 5.76 Å². The number of rotatable bonds is 4. The third kappa shape index (κ3) is 2.57. The van der Waals surface area contributed by atoms with Crippen molar-refractivity contribution in [2.24, 2.45) is 5.73 Å². The van der Waals surface area contributed by atoms with Gasteiger partial charge in [0.1, 0.15) is 11.8 Å². The summed E-state index contributed by atoms with van der Waals surface area (Å²) >= 11 is 0. The Balaban J connectivity index is 2.94. The molecule has 0 fully saturated rings. The molecule has 17 heavy (non-hydrogen) atoms. The molecule has 1 unspecified atom stereocenters. The number of nitrogens with two attached hydrogens (primary N) is 1. The van der Waals surface area contributed by atoms with Crippen LogP contribution in [0.1, 0.15) is 22.4 Å². The molecule has 0 amide bonds. The molecule has 96 valence electrons. The Bertz CT molecular complexity index is 405. The summed E-state index contributed by atoms with van der Waals surface area (Å²) in [5.74, 6) is -6.35. The second kappa shape index (κ2) is 4.74. The minimum Gasteiger partial charge on any atom is -0.463 e. The van der Waals surface area contributed by atoms with E-state index in [1.165, 1.54) is 0 Å². The summed E-state index contributed by atoms with van der Waals surface area (Å²) in [5, 5.41) is 0. The smallest absolute Gasteiger partial charge is 0.373 e. The standard InChI is InChI=1S/C9H9F4NO3/c1-16-7(15)5-3-2-4(17-5)6(14)9(12,13)8(10)11/h2-3,6,8H,14H2,1H3. The van der Waals surface area contributed by atoms with Crippen LogP contribution in [0.5, 0.6) is 0 Å². The first kappa shape index (κ1) is 13.5. The minimum atomic E-state index is -4.44. The highest BCUT2D eigenvalue weighted by molar-refractivity contribution is 5.86. The van der Waals surface area contributed by atoms with Crippen molar-refractivity contribution in [3.8, 4) is 0 Å². The Kier molecular flexibility index (Phi) is 3.76. The highest BCUT2D eigenvalue weighted by Gasteiger charge is 2.49. The molecular weight excluding hydrogens is 246 g/mol. The number of carbonyl (C=O) groups excluding carboxylic acids is 1. The largest absolute Gasteiger partial charge is 0.463 e. The van der Waals surface area contributed by atoms with E-state index in [2.05, 4.69) is 9.15 Å². The van der Waals surface area contributed by atoms with Crippen LogP contribution in [0, 0.1) is 0 Å². The number of halogens is 4. The molecule has 4 nitrogen and oxygen atoms in total. The Morgan fingerprint density at radius 2 is 2.06 bits per heavy atom. The topological polar surface area (TPSA) is 65.5 Å². The molecule has 0 aliphatic heterocycles. The molecule has 1 aromatic rings. The third-order valence-electron chi connectivity index (χ3n) is 2.03. The second-order valence-corrected chi connectivity index (χ2v) is 3.15. The average Bonchev–Trinajstić information content (AvgIpc) is 2.75. The fourth-order valence-corrected chi connectivity index (χ4v) is 1.06. The first-order chi connectivity index (χ1) is 7.80. The molecule has 8 heteroatoms. The van der Waals surface area contributed by atoms with Crippen molar-refractivity contribution in [2.75, 3.05) is 7.11 Å². The van der Waals surface area contributed by atoms with E-state index in [9.17, 15) is 22.4 Å². The molecular formula is C9H9F4NO3. The molecule has 1 heterocycles. The van der Waals surface area contributed by atoms with Crippen molar-refractivity contribution in [2.45, 2.75) is 18.4 Å². The van der Waals surface area contributed by atoms with Gasteiger partial charge in [-0.15, -0.1) is 0 Å². The summed E-state index contributed by atoms with van der Waals surface area (Å²) in [6, 6.07) is -0.392. The van der Waals surface area contributed by atoms with Crippen molar-refractivity contribution in [3.63, 3.8) is 0 Å². The fourth-order valence-electron chi connectivity index (χ4n) is 1.06. The van der Waals surface area contributed by atoms with Gasteiger partial charge in [0.05, 0.1) is 7.11 Å². The molecule has 1 aromatic heterocycles. The molecule has 0 aliphatic rings. The number of methoxy groups -OCH3 is 1. The minimum absolute atomic E-state index is 0.386. The van der Waals surface area contributed by atoms with Gasteiger partial charge in [-0.1, -0.05) is 0 Å². The fraction of sp³-hybridized carbons (Fsp3) is 0.444. The molecule has 1 rings (SSSR count). The number of esters is 1. The van der Waals surface area contributed by atoms with Gasteiger partial charge in [0, 0.05) is 0 Å². The van der Waals surface area contributed by atoms with Crippen LogP contribution in [-0.2, 0) is 4.74 Å². The molecule has 0 radical (unpaired) electrons. The van der Waals surface area contributed by atoms with Crippen molar-refractivity contribution in [3.05, 3.63) is 23.7 Å². The van der Waals surface area contributed by atoms with Crippen LogP contribution in [-0.4, -0.2) is 25.4 Å². The highest BCUT2D eigenvalue weighted by Crippen LogP contribution is 2.35. The lowest BCUT2D eigenvalue weighted by atomic mass is 10.1. The zero-order chi connectivity index (χ0) is 13.2. The van der Waals surface area contributed by atoms with Crippen LogP contribution in [0.4, 0.5) is 17.6 Å². The van der Waals surface area contributed by atoms with Gasteiger partial charge in [-0.3, -0.25) is 0 Å². The Labute approximate surface area is 93.3 Å². The second-order valence-electron chi connectivity index (χ2n) is 3.15. The van der Waals surface area contributed by atoms with E-state index >= 15 is 0 Å². The third-order valence-corrected chi connectivity index (χ3v) is 2.03. The van der Waals surface area contributed by atoms with E-state index in [-0.39, 0.29) is 5.76 Å². The summed E-state index contributed by atoms with van der Waals surface area (Å²) in [4.78, 5) is 10.9. The number of furan rings is 1. The summed E-state index contributed by atoms with van der Waals surface area (Å²) < 4.78 is 58.6. The van der Waals surface area contributed by atoms with Gasteiger partial charge in [-0.05, 0) is 12.1 Å². The molecule has 0 saturated heterocycles. The number of alkyl halides is 4. The number of carbonyl (C=O) groups is 1. The summed E-state index contributed by atoms with van der Waals surface area (Å²) in [5.41, 5.74) is 4.95. The van der Waals surface area contributed by atoms with Crippen LogP contribution >= 0.6 is 0 Å². The Morgan fingerprint density at radius 3 is 2.53 bits per heavy atom. The Hall–Kier alpha value is -1.57. The normalized spacial score (nSPS) is 13.8. The lowest BCUT2D eigenvalue weighted by Gasteiger charge is -2.20. The van der Waals surface area contributed by atoms with E-state index in [0.717, 1.165) is 19.2 Å². The van der Waals surface area contributed by atoms with Crippen LogP contribution in [0.15, 0.2) is 16.5 Å². The molecule has 0 aromatic carbocycles. The Morgan fingerprint density at radius 1 is 1.47 bits per heavy atom. The zero-order valence-corrected chi connectivity index (χ0v) is 8.62.